The van der Waals surface area contributed by atoms with Crippen molar-refractivity contribution in [3.8, 4) is 0 Å². The lowest BCUT2D eigenvalue weighted by Gasteiger charge is -2.05. The summed E-state index contributed by atoms with van der Waals surface area (Å²) in [6, 6.07) is 3.41. The molecule has 0 radical (unpaired) electrons. The smallest absolute Gasteiger partial charge is 0.328 e. The Balaban J connectivity index is 2.20. The number of pyridine rings is 1. The van der Waals surface area contributed by atoms with Crippen molar-refractivity contribution >= 4 is 17.7 Å². The number of amides is 1. The first-order chi connectivity index (χ1) is 8.58. The van der Waals surface area contributed by atoms with Gasteiger partial charge < -0.3 is 9.84 Å². The predicted octanol–water partition coefficient (Wildman–Crippen LogP) is 1.38. The van der Waals surface area contributed by atoms with Crippen LogP contribution in [0.15, 0.2) is 16.7 Å². The average molecular weight is 247 g/mol. The first-order valence-electron chi connectivity index (χ1n) is 5.36. The Bertz CT molecular complexity index is 579. The zero-order valence-electron chi connectivity index (χ0n) is 10.3. The van der Waals surface area contributed by atoms with E-state index in [2.05, 4.69) is 25.8 Å². The lowest BCUT2D eigenvalue weighted by atomic mass is 10.2. The van der Waals surface area contributed by atoms with E-state index in [0.717, 1.165) is 5.69 Å². The summed E-state index contributed by atoms with van der Waals surface area (Å²) in [5.74, 6) is 0.773. The second kappa shape index (κ2) is 4.82. The summed E-state index contributed by atoms with van der Waals surface area (Å²) in [5.41, 5.74) is 1.22. The zero-order chi connectivity index (χ0) is 13.1. The highest BCUT2D eigenvalue weighted by molar-refractivity contribution is 6.03. The van der Waals surface area contributed by atoms with Crippen molar-refractivity contribution < 1.29 is 9.32 Å². The highest BCUT2D eigenvalue weighted by Crippen LogP contribution is 2.12. The maximum atomic E-state index is 11.9. The van der Waals surface area contributed by atoms with Crippen molar-refractivity contribution in [1.82, 2.24) is 15.1 Å². The minimum absolute atomic E-state index is 0.0815. The molecule has 0 atom stereocenters. The molecule has 0 saturated heterocycles. The van der Waals surface area contributed by atoms with E-state index >= 15 is 0 Å². The van der Waals surface area contributed by atoms with Crippen LogP contribution in [0.25, 0.3) is 0 Å². The van der Waals surface area contributed by atoms with Crippen molar-refractivity contribution in [2.24, 2.45) is 0 Å². The molecule has 0 fully saturated rings. The molecule has 1 amide bonds. The van der Waals surface area contributed by atoms with Gasteiger partial charge in [-0.15, -0.1) is 0 Å². The van der Waals surface area contributed by atoms with Crippen molar-refractivity contribution in [2.75, 3.05) is 17.7 Å². The number of anilines is 2. The predicted molar refractivity (Wildman–Crippen MR) is 65.5 cm³/mol. The van der Waals surface area contributed by atoms with Gasteiger partial charge in [0, 0.05) is 18.3 Å². The van der Waals surface area contributed by atoms with Gasteiger partial charge in [-0.05, 0) is 26.0 Å². The first kappa shape index (κ1) is 12.0. The van der Waals surface area contributed by atoms with Crippen molar-refractivity contribution in [3.63, 3.8) is 0 Å². The van der Waals surface area contributed by atoms with Crippen LogP contribution in [-0.4, -0.2) is 28.1 Å². The summed E-state index contributed by atoms with van der Waals surface area (Å²) in [4.78, 5) is 20.1. The molecule has 2 rings (SSSR count). The lowest BCUT2D eigenvalue weighted by Crippen LogP contribution is -2.13. The monoisotopic (exact) mass is 247 g/mol. The molecular formula is C11H13N5O2. The van der Waals surface area contributed by atoms with Crippen LogP contribution in [0.3, 0.4) is 0 Å². The minimum Gasteiger partial charge on any atom is -0.373 e. The average Bonchev–Trinajstić information content (AvgIpc) is 2.73. The lowest BCUT2D eigenvalue weighted by molar-refractivity contribution is 0.102. The van der Waals surface area contributed by atoms with Gasteiger partial charge in [0.05, 0.1) is 0 Å². The third-order valence-corrected chi connectivity index (χ3v) is 2.22. The fourth-order valence-electron chi connectivity index (χ4n) is 1.44. The molecule has 2 aromatic rings. The quantitative estimate of drug-likeness (QED) is 0.851. The summed E-state index contributed by atoms with van der Waals surface area (Å²) in [5, 5.41) is 9.00. The highest BCUT2D eigenvalue weighted by Gasteiger charge is 2.12. The Kier molecular flexibility index (Phi) is 3.22. The largest absolute Gasteiger partial charge is 0.373 e. The van der Waals surface area contributed by atoms with Crippen LogP contribution in [0.5, 0.6) is 0 Å². The van der Waals surface area contributed by atoms with E-state index in [1.54, 1.807) is 26.1 Å². The fourth-order valence-corrected chi connectivity index (χ4v) is 1.44. The number of hydrogen-bond acceptors (Lipinski definition) is 6. The van der Waals surface area contributed by atoms with Crippen molar-refractivity contribution in [2.45, 2.75) is 13.8 Å². The highest BCUT2D eigenvalue weighted by atomic mass is 16.5. The van der Waals surface area contributed by atoms with E-state index in [1.165, 1.54) is 0 Å². The van der Waals surface area contributed by atoms with Gasteiger partial charge in [0.1, 0.15) is 5.82 Å². The van der Waals surface area contributed by atoms with E-state index in [9.17, 15) is 4.79 Å². The summed E-state index contributed by atoms with van der Waals surface area (Å²) in [7, 11) is 1.74. The molecule has 7 heteroatoms. The van der Waals surface area contributed by atoms with Crippen LogP contribution in [0.1, 0.15) is 21.9 Å². The minimum atomic E-state index is -0.319. The van der Waals surface area contributed by atoms with Crippen LogP contribution in [0, 0.1) is 13.8 Å². The van der Waals surface area contributed by atoms with E-state index in [0.29, 0.717) is 17.2 Å². The molecule has 0 bridgehead atoms. The molecule has 7 nitrogen and oxygen atoms in total. The molecule has 0 spiro atoms. The molecule has 0 aromatic carbocycles. The van der Waals surface area contributed by atoms with Crippen LogP contribution in [0.4, 0.5) is 11.8 Å². The molecule has 2 heterocycles. The van der Waals surface area contributed by atoms with Gasteiger partial charge in [-0.3, -0.25) is 10.1 Å². The van der Waals surface area contributed by atoms with Gasteiger partial charge in [0.15, 0.2) is 5.82 Å². The van der Waals surface area contributed by atoms with Crippen molar-refractivity contribution in [3.05, 3.63) is 29.2 Å². The molecule has 0 aliphatic rings. The Labute approximate surface area is 104 Å². The number of rotatable bonds is 3. The van der Waals surface area contributed by atoms with Crippen LogP contribution in [0.2, 0.25) is 0 Å². The number of hydrogen-bond donors (Lipinski definition) is 2. The van der Waals surface area contributed by atoms with Gasteiger partial charge in [-0.2, -0.15) is 4.98 Å². The Morgan fingerprint density at radius 3 is 2.67 bits per heavy atom. The SMILES string of the molecule is CNc1cc(C(=O)Nc2nc(C)no2)cc(C)n1. The number of aromatic nitrogens is 3. The second-order valence-corrected chi connectivity index (χ2v) is 3.73. The molecule has 2 N–H and O–H groups in total. The topological polar surface area (TPSA) is 92.9 Å². The van der Waals surface area contributed by atoms with E-state index in [1.807, 2.05) is 6.92 Å². The molecule has 18 heavy (non-hydrogen) atoms. The van der Waals surface area contributed by atoms with Crippen LogP contribution < -0.4 is 10.6 Å². The van der Waals surface area contributed by atoms with Crippen LogP contribution >= 0.6 is 0 Å². The maximum Gasteiger partial charge on any atom is 0.328 e. The van der Waals surface area contributed by atoms with Gasteiger partial charge in [-0.1, -0.05) is 5.16 Å². The van der Waals surface area contributed by atoms with E-state index in [-0.39, 0.29) is 11.9 Å². The third kappa shape index (κ3) is 2.62. The molecule has 94 valence electrons. The number of aryl methyl sites for hydroxylation is 2. The summed E-state index contributed by atoms with van der Waals surface area (Å²) < 4.78 is 4.82. The standard InChI is InChI=1S/C11H13N5O2/c1-6-4-8(5-9(12-3)13-6)10(17)15-11-14-7(2)16-18-11/h4-5H,1-3H3,(H,12,13)(H,14,15,16,17). The molecular weight excluding hydrogens is 234 g/mol. The molecule has 0 aliphatic carbocycles. The van der Waals surface area contributed by atoms with Gasteiger partial charge in [0.25, 0.3) is 5.91 Å². The van der Waals surface area contributed by atoms with Gasteiger partial charge >= 0.3 is 6.01 Å². The second-order valence-electron chi connectivity index (χ2n) is 3.73. The van der Waals surface area contributed by atoms with E-state index < -0.39 is 0 Å². The molecule has 2 aromatic heterocycles. The summed E-state index contributed by atoms with van der Waals surface area (Å²) in [6.45, 7) is 3.49. The number of carbonyl (C=O) groups is 1. The van der Waals surface area contributed by atoms with E-state index in [4.69, 9.17) is 4.52 Å². The Morgan fingerprint density at radius 1 is 1.28 bits per heavy atom. The van der Waals surface area contributed by atoms with Crippen LogP contribution in [-0.2, 0) is 0 Å². The Hall–Kier alpha value is -2.44. The first-order valence-corrected chi connectivity index (χ1v) is 5.36. The number of carbonyl (C=O) groups excluding carboxylic acids is 1. The molecule has 0 aliphatic heterocycles. The zero-order valence-corrected chi connectivity index (χ0v) is 10.3. The maximum absolute atomic E-state index is 11.9. The molecule has 0 saturated carbocycles. The summed E-state index contributed by atoms with van der Waals surface area (Å²) >= 11 is 0. The van der Waals surface area contributed by atoms with Gasteiger partial charge in [-0.25, -0.2) is 4.98 Å². The van der Waals surface area contributed by atoms with Crippen molar-refractivity contribution in [1.29, 1.82) is 0 Å². The summed E-state index contributed by atoms with van der Waals surface area (Å²) in [6.07, 6.45) is 0. The van der Waals surface area contributed by atoms with Gasteiger partial charge in [0.2, 0.25) is 0 Å². The number of nitrogens with zero attached hydrogens (tertiary/aromatic N) is 3. The molecule has 0 unspecified atom stereocenters. The third-order valence-electron chi connectivity index (χ3n) is 2.22. The normalized spacial score (nSPS) is 10.2. The number of nitrogens with one attached hydrogen (secondary N) is 2. The fraction of sp³-hybridized carbons (Fsp3) is 0.273. The Morgan fingerprint density at radius 2 is 2.06 bits per heavy atom.